The second-order valence-corrected chi connectivity index (χ2v) is 14.0. The Balaban J connectivity index is 2.32. The Morgan fingerprint density at radius 1 is 0.772 bits per heavy atom. The van der Waals surface area contributed by atoms with E-state index in [1.165, 1.54) is 50.6 Å². The number of phenols is 1. The summed E-state index contributed by atoms with van der Waals surface area (Å²) in [5.74, 6) is -6.49. The number of guanidine groups is 1. The van der Waals surface area contributed by atoms with Gasteiger partial charge >= 0.3 is 5.97 Å². The first-order chi connectivity index (χ1) is 26.8. The van der Waals surface area contributed by atoms with Gasteiger partial charge in [-0.2, -0.15) is 12.6 Å². The van der Waals surface area contributed by atoms with Gasteiger partial charge in [-0.3, -0.25) is 38.6 Å². The van der Waals surface area contributed by atoms with Crippen LogP contribution in [0.25, 0.3) is 0 Å². The molecule has 0 radical (unpaired) electrons. The molecule has 0 aliphatic rings. The molecule has 0 unspecified atom stereocenters. The van der Waals surface area contributed by atoms with E-state index in [4.69, 9.17) is 17.2 Å². The molecule has 21 nitrogen and oxygen atoms in total. The summed E-state index contributed by atoms with van der Waals surface area (Å²) in [4.78, 5) is 102. The number of benzene rings is 1. The normalized spacial score (nSPS) is 14.6. The Labute approximate surface area is 334 Å². The molecule has 57 heavy (non-hydrogen) atoms. The molecule has 6 amide bonds. The van der Waals surface area contributed by atoms with Gasteiger partial charge in [0.15, 0.2) is 5.96 Å². The fourth-order valence-corrected chi connectivity index (χ4v) is 5.30. The van der Waals surface area contributed by atoms with E-state index in [9.17, 15) is 43.8 Å². The number of thiol groups is 1. The highest BCUT2D eigenvalue weighted by Gasteiger charge is 2.33. The van der Waals surface area contributed by atoms with Gasteiger partial charge in [-0.05, 0) is 50.3 Å². The number of carboxylic acid groups (broad SMARTS) is 1. The molecule has 1 heterocycles. The van der Waals surface area contributed by atoms with Crippen LogP contribution in [0.3, 0.4) is 0 Å². The summed E-state index contributed by atoms with van der Waals surface area (Å²) in [5, 5.41) is 34.3. The maximum absolute atomic E-state index is 13.8. The monoisotopic (exact) mass is 818 g/mol. The third kappa shape index (κ3) is 16.4. The number of rotatable bonds is 23. The van der Waals surface area contributed by atoms with Crippen LogP contribution in [0.1, 0.15) is 51.8 Å². The van der Waals surface area contributed by atoms with Crippen LogP contribution in [0, 0.1) is 5.92 Å². The standard InChI is InChI=1S/C35H54N12O9S/c1-17(2)27(47-29(50)23(36)15-57)33(54)46-26(13-21-14-39-16-41-21)31(52)42-18(3)28(49)45-25(12-20-7-9-22(48)10-8-20)32(53)44-24(6-5-11-40-35(37)38)30(51)43-19(4)34(55)56/h7-10,14,16-19,23-27,48,57H,5-6,11-13,15,36H2,1-4H3,(H,39,41)(H,42,52)(H,43,51)(H,44,53)(H,45,49)(H,46,54)(H,47,50)(H,55,56)(H4,37,38,40)/t18-,19-,23-,24-,25-,26-,27-/m0/s1. The maximum atomic E-state index is 13.8. The quantitative estimate of drug-likeness (QED) is 0.0229. The number of carboxylic acids is 1. The molecule has 0 spiro atoms. The summed E-state index contributed by atoms with van der Waals surface area (Å²) in [6, 6.07) is -2.76. The van der Waals surface area contributed by atoms with Crippen LogP contribution < -0.4 is 49.1 Å². The highest BCUT2D eigenvalue weighted by molar-refractivity contribution is 7.80. The highest BCUT2D eigenvalue weighted by Crippen LogP contribution is 2.13. The molecule has 22 heteroatoms. The Morgan fingerprint density at radius 2 is 1.33 bits per heavy atom. The van der Waals surface area contributed by atoms with Crippen molar-refractivity contribution in [2.75, 3.05) is 12.3 Å². The molecule has 0 fully saturated rings. The Hall–Kier alpha value is -5.90. The summed E-state index contributed by atoms with van der Waals surface area (Å²) in [5.41, 5.74) is 17.5. The first-order valence-electron chi connectivity index (χ1n) is 18.0. The van der Waals surface area contributed by atoms with Crippen molar-refractivity contribution in [2.24, 2.45) is 28.1 Å². The average molecular weight is 819 g/mol. The van der Waals surface area contributed by atoms with Crippen molar-refractivity contribution in [3.05, 3.63) is 48.0 Å². The van der Waals surface area contributed by atoms with Gasteiger partial charge in [-0.25, -0.2) is 4.98 Å². The zero-order valence-corrected chi connectivity index (χ0v) is 33.0. The minimum Gasteiger partial charge on any atom is -0.508 e. The fraction of sp³-hybridized carbons (Fsp3) is 0.514. The number of nitrogens with one attached hydrogen (secondary N) is 7. The van der Waals surface area contributed by atoms with E-state index in [-0.39, 0.29) is 49.7 Å². The number of aromatic nitrogens is 2. The van der Waals surface area contributed by atoms with Crippen molar-refractivity contribution in [3.8, 4) is 5.75 Å². The van der Waals surface area contributed by atoms with Gasteiger partial charge in [-0.15, -0.1) is 0 Å². The van der Waals surface area contributed by atoms with Crippen LogP contribution >= 0.6 is 12.6 Å². The SMILES string of the molecule is CC(C)[C@H](NC(=O)[C@@H](N)CS)C(=O)N[C@@H](Cc1cnc[nH]1)C(=O)N[C@@H](C)C(=O)N[C@@H](Cc1ccc(O)cc1)C(=O)N[C@@H](CCCN=C(N)N)C(=O)N[C@@H](C)C(=O)O. The lowest BCUT2D eigenvalue weighted by molar-refractivity contribution is -0.141. The van der Waals surface area contributed by atoms with E-state index in [1.807, 2.05) is 0 Å². The van der Waals surface area contributed by atoms with Gasteiger partial charge in [0.2, 0.25) is 35.4 Å². The number of hydrogen-bond acceptors (Lipinski definition) is 12. The van der Waals surface area contributed by atoms with Crippen molar-refractivity contribution >= 4 is 60.0 Å². The number of H-pyrrole nitrogens is 1. The third-order valence-electron chi connectivity index (χ3n) is 8.46. The predicted octanol–water partition coefficient (Wildman–Crippen LogP) is -3.10. The van der Waals surface area contributed by atoms with E-state index in [0.717, 1.165) is 0 Å². The highest BCUT2D eigenvalue weighted by atomic mass is 32.1. The van der Waals surface area contributed by atoms with E-state index >= 15 is 0 Å². The predicted molar refractivity (Wildman–Crippen MR) is 211 cm³/mol. The summed E-state index contributed by atoms with van der Waals surface area (Å²) < 4.78 is 0. The lowest BCUT2D eigenvalue weighted by atomic mass is 10.0. The smallest absolute Gasteiger partial charge is 0.325 e. The molecule has 0 aliphatic heterocycles. The van der Waals surface area contributed by atoms with Gasteiger partial charge in [0.1, 0.15) is 42.0 Å². The number of nitrogens with zero attached hydrogens (tertiary/aromatic N) is 2. The van der Waals surface area contributed by atoms with Gasteiger partial charge in [0.25, 0.3) is 0 Å². The zero-order valence-electron chi connectivity index (χ0n) is 32.2. The van der Waals surface area contributed by atoms with Crippen LogP contribution in [-0.2, 0) is 46.4 Å². The van der Waals surface area contributed by atoms with Crippen LogP contribution in [0.4, 0.5) is 0 Å². The molecule has 1 aromatic heterocycles. The molecule has 15 N–H and O–H groups in total. The van der Waals surface area contributed by atoms with Crippen molar-refractivity contribution in [1.29, 1.82) is 0 Å². The largest absolute Gasteiger partial charge is 0.508 e. The number of hydrogen-bond donors (Lipinski definition) is 13. The van der Waals surface area contributed by atoms with E-state index < -0.39 is 89.6 Å². The van der Waals surface area contributed by atoms with Gasteiger partial charge in [0, 0.05) is 37.0 Å². The molecule has 0 aliphatic carbocycles. The molecule has 314 valence electrons. The van der Waals surface area contributed by atoms with Gasteiger partial charge in [-0.1, -0.05) is 26.0 Å². The van der Waals surface area contributed by atoms with Crippen LogP contribution in [0.2, 0.25) is 0 Å². The summed E-state index contributed by atoms with van der Waals surface area (Å²) in [6.07, 6.45) is 2.80. The Morgan fingerprint density at radius 3 is 1.89 bits per heavy atom. The van der Waals surface area contributed by atoms with Crippen molar-refractivity contribution in [1.82, 2.24) is 41.9 Å². The summed E-state index contributed by atoms with van der Waals surface area (Å²) >= 11 is 4.02. The van der Waals surface area contributed by atoms with Gasteiger partial charge < -0.3 is 64.3 Å². The van der Waals surface area contributed by atoms with Crippen LogP contribution in [-0.4, -0.2) is 122 Å². The number of aliphatic carboxylic acids is 1. The van der Waals surface area contributed by atoms with Crippen LogP contribution in [0.5, 0.6) is 5.75 Å². The van der Waals surface area contributed by atoms with Gasteiger partial charge in [0.05, 0.1) is 12.4 Å². The molecule has 2 aromatic rings. The molecule has 1 aromatic carbocycles. The third-order valence-corrected chi connectivity index (χ3v) is 8.85. The molecule has 0 bridgehead atoms. The lowest BCUT2D eigenvalue weighted by Crippen LogP contribution is -2.60. The number of aromatic hydroxyl groups is 1. The number of carbonyl (C=O) groups is 7. The molecular formula is C35H54N12O9S. The molecule has 7 atom stereocenters. The van der Waals surface area contributed by atoms with Crippen molar-refractivity contribution in [2.45, 2.75) is 95.7 Å². The molecular weight excluding hydrogens is 765 g/mol. The maximum Gasteiger partial charge on any atom is 0.325 e. The molecule has 0 saturated carbocycles. The number of amides is 6. The minimum atomic E-state index is -1.36. The average Bonchev–Trinajstić information content (AvgIpc) is 3.67. The number of imidazole rings is 1. The van der Waals surface area contributed by atoms with E-state index in [0.29, 0.717) is 11.3 Å². The number of nitrogens with two attached hydrogens (primary N) is 3. The summed E-state index contributed by atoms with van der Waals surface area (Å²) in [7, 11) is 0. The van der Waals surface area contributed by atoms with Crippen molar-refractivity contribution < 1.29 is 43.8 Å². The Bertz CT molecular complexity index is 1700. The summed E-state index contributed by atoms with van der Waals surface area (Å²) in [6.45, 7) is 6.07. The first-order valence-corrected chi connectivity index (χ1v) is 18.7. The number of aromatic amines is 1. The zero-order chi connectivity index (χ0) is 42.8. The fourth-order valence-electron chi connectivity index (χ4n) is 5.14. The lowest BCUT2D eigenvalue weighted by Gasteiger charge is -2.27. The topological polar surface area (TPSA) is 351 Å². The first kappa shape index (κ1) is 47.3. The second-order valence-electron chi connectivity index (χ2n) is 13.6. The Kier molecular flexibility index (Phi) is 19.3. The number of aliphatic imine (C=N–C) groups is 1. The minimum absolute atomic E-state index is 0.0141. The second kappa shape index (κ2) is 23.2. The number of carbonyl (C=O) groups excluding carboxylic acids is 6. The van der Waals surface area contributed by atoms with E-state index in [1.54, 1.807) is 13.8 Å². The molecule has 2 rings (SSSR count). The van der Waals surface area contributed by atoms with Crippen LogP contribution in [0.15, 0.2) is 41.8 Å². The molecule has 0 saturated heterocycles. The number of phenolic OH excluding ortho intramolecular Hbond substituents is 1. The van der Waals surface area contributed by atoms with Crippen molar-refractivity contribution in [3.63, 3.8) is 0 Å². The van der Waals surface area contributed by atoms with E-state index in [2.05, 4.69) is 59.5 Å².